The molecule has 0 aromatic rings. The minimum Gasteiger partial charge on any atom is -0.388 e. The van der Waals surface area contributed by atoms with Crippen LogP contribution in [0.2, 0.25) is 0 Å². The topological polar surface area (TPSA) is 12.0 Å². The summed E-state index contributed by atoms with van der Waals surface area (Å²) in [5.74, 6) is 0. The van der Waals surface area contributed by atoms with E-state index < -0.39 is 0 Å². The molecule has 1 heteroatoms. The van der Waals surface area contributed by atoms with Crippen molar-refractivity contribution >= 4 is 0 Å². The summed E-state index contributed by atoms with van der Waals surface area (Å²) in [5.41, 5.74) is 1.13. The van der Waals surface area contributed by atoms with Gasteiger partial charge < -0.3 is 5.32 Å². The molecule has 0 saturated carbocycles. The van der Waals surface area contributed by atoms with Crippen LogP contribution in [0.3, 0.4) is 0 Å². The largest absolute Gasteiger partial charge is 0.388 e. The van der Waals surface area contributed by atoms with Gasteiger partial charge in [-0.05, 0) is 26.0 Å². The van der Waals surface area contributed by atoms with Gasteiger partial charge in [-0.2, -0.15) is 0 Å². The first-order valence-corrected chi connectivity index (χ1v) is 3.48. The van der Waals surface area contributed by atoms with Crippen molar-refractivity contribution in [3.63, 3.8) is 0 Å². The Kier molecular flexibility index (Phi) is 5.54. The molecule has 0 rings (SSSR count). The highest BCUT2D eigenvalue weighted by atomic mass is 14.8. The summed E-state index contributed by atoms with van der Waals surface area (Å²) in [6.45, 7) is 4.00. The lowest BCUT2D eigenvalue weighted by atomic mass is 10.3. The Morgan fingerprint density at radius 3 is 2.30 bits per heavy atom. The van der Waals surface area contributed by atoms with Crippen LogP contribution in [0.15, 0.2) is 36.1 Å². The number of rotatable bonds is 3. The van der Waals surface area contributed by atoms with Crippen LogP contribution in [0.1, 0.15) is 13.8 Å². The minimum atomic E-state index is 1.13. The molecule has 0 fully saturated rings. The van der Waals surface area contributed by atoms with E-state index in [2.05, 4.69) is 5.32 Å². The minimum absolute atomic E-state index is 1.13. The molecule has 56 valence electrons. The summed E-state index contributed by atoms with van der Waals surface area (Å²) in [5, 5.41) is 3.06. The Morgan fingerprint density at radius 1 is 1.20 bits per heavy atom. The van der Waals surface area contributed by atoms with E-state index in [4.69, 9.17) is 0 Å². The Morgan fingerprint density at radius 2 is 1.90 bits per heavy atom. The summed E-state index contributed by atoms with van der Waals surface area (Å²) in [6.07, 6.45) is 10.1. The summed E-state index contributed by atoms with van der Waals surface area (Å²) in [6, 6.07) is 0. The zero-order valence-electron chi connectivity index (χ0n) is 6.89. The van der Waals surface area contributed by atoms with Gasteiger partial charge in [0.1, 0.15) is 0 Å². The van der Waals surface area contributed by atoms with E-state index in [1.165, 1.54) is 0 Å². The fourth-order valence-corrected chi connectivity index (χ4v) is 0.602. The van der Waals surface area contributed by atoms with Crippen molar-refractivity contribution in [3.05, 3.63) is 36.1 Å². The van der Waals surface area contributed by atoms with Crippen LogP contribution in [0.25, 0.3) is 0 Å². The third-order valence-corrected chi connectivity index (χ3v) is 1.10. The maximum atomic E-state index is 3.06. The highest BCUT2D eigenvalue weighted by Crippen LogP contribution is 1.90. The fourth-order valence-electron chi connectivity index (χ4n) is 0.602. The van der Waals surface area contributed by atoms with Crippen LogP contribution < -0.4 is 5.32 Å². The van der Waals surface area contributed by atoms with Gasteiger partial charge in [-0.15, -0.1) is 0 Å². The van der Waals surface area contributed by atoms with E-state index in [1.54, 1.807) is 0 Å². The molecule has 0 aliphatic heterocycles. The molecule has 0 amide bonds. The van der Waals surface area contributed by atoms with Gasteiger partial charge in [0.15, 0.2) is 0 Å². The van der Waals surface area contributed by atoms with Gasteiger partial charge in [-0.1, -0.05) is 18.2 Å². The average molecular weight is 137 g/mol. The summed E-state index contributed by atoms with van der Waals surface area (Å²) in [7, 11) is 1.91. The maximum Gasteiger partial charge on any atom is 0.0334 e. The molecule has 0 spiro atoms. The smallest absolute Gasteiger partial charge is 0.0334 e. The van der Waals surface area contributed by atoms with Crippen LogP contribution in [-0.4, -0.2) is 7.05 Å². The number of allylic oxidation sites excluding steroid dienone is 5. The molecule has 0 saturated heterocycles. The Hall–Kier alpha value is -0.980. The van der Waals surface area contributed by atoms with E-state index in [-0.39, 0.29) is 0 Å². The summed E-state index contributed by atoms with van der Waals surface area (Å²) >= 11 is 0. The first-order chi connectivity index (χ1) is 4.85. The van der Waals surface area contributed by atoms with Gasteiger partial charge in [0.05, 0.1) is 0 Å². The van der Waals surface area contributed by atoms with Gasteiger partial charge in [0.2, 0.25) is 0 Å². The molecule has 0 bridgehead atoms. The molecule has 0 aliphatic carbocycles. The third-order valence-electron chi connectivity index (χ3n) is 1.10. The standard InChI is InChI=1S/C9H15N/c1-4-6-8-9(10-3)7-5-2/h4-8,10H,1-3H3/b6-4?,7-5-,9-8+. The van der Waals surface area contributed by atoms with Crippen LogP contribution in [0.5, 0.6) is 0 Å². The van der Waals surface area contributed by atoms with Gasteiger partial charge in [-0.25, -0.2) is 0 Å². The molecule has 1 nitrogen and oxygen atoms in total. The molecular weight excluding hydrogens is 122 g/mol. The number of hydrogen-bond donors (Lipinski definition) is 1. The van der Waals surface area contributed by atoms with E-state index in [9.17, 15) is 0 Å². The third kappa shape index (κ3) is 3.96. The van der Waals surface area contributed by atoms with E-state index in [0.717, 1.165) is 5.70 Å². The van der Waals surface area contributed by atoms with Crippen molar-refractivity contribution < 1.29 is 0 Å². The van der Waals surface area contributed by atoms with Crippen LogP contribution in [0, 0.1) is 0 Å². The first-order valence-electron chi connectivity index (χ1n) is 3.48. The molecule has 1 N–H and O–H groups in total. The first kappa shape index (κ1) is 9.02. The van der Waals surface area contributed by atoms with Gasteiger partial charge in [0.25, 0.3) is 0 Å². The maximum absolute atomic E-state index is 3.06. The van der Waals surface area contributed by atoms with Crippen molar-refractivity contribution in [2.75, 3.05) is 7.05 Å². The predicted octanol–water partition coefficient (Wildman–Crippen LogP) is 2.24. The number of hydrogen-bond acceptors (Lipinski definition) is 1. The number of likely N-dealkylation sites (N-methyl/N-ethyl adjacent to an activating group) is 1. The van der Waals surface area contributed by atoms with E-state index in [1.807, 2.05) is 51.3 Å². The molecule has 0 heterocycles. The van der Waals surface area contributed by atoms with Crippen molar-refractivity contribution in [1.29, 1.82) is 0 Å². The highest BCUT2D eigenvalue weighted by Gasteiger charge is 1.79. The lowest BCUT2D eigenvalue weighted by Crippen LogP contribution is -2.01. The molecule has 0 aliphatic rings. The molecule has 0 radical (unpaired) electrons. The highest BCUT2D eigenvalue weighted by molar-refractivity contribution is 5.20. The Labute approximate surface area is 63.1 Å². The quantitative estimate of drug-likeness (QED) is 0.588. The second-order valence-electron chi connectivity index (χ2n) is 1.90. The monoisotopic (exact) mass is 137 g/mol. The van der Waals surface area contributed by atoms with E-state index >= 15 is 0 Å². The average Bonchev–Trinajstić information content (AvgIpc) is 1.98. The summed E-state index contributed by atoms with van der Waals surface area (Å²) in [4.78, 5) is 0. The second kappa shape index (κ2) is 6.14. The SMILES string of the molecule is CC=C/C=C(\C=C/C)NC. The second-order valence-corrected chi connectivity index (χ2v) is 1.90. The molecule has 0 aromatic heterocycles. The zero-order valence-corrected chi connectivity index (χ0v) is 6.89. The lowest BCUT2D eigenvalue weighted by Gasteiger charge is -1.96. The van der Waals surface area contributed by atoms with E-state index in [0.29, 0.717) is 0 Å². The molecule has 0 unspecified atom stereocenters. The van der Waals surface area contributed by atoms with Crippen LogP contribution in [0.4, 0.5) is 0 Å². The van der Waals surface area contributed by atoms with Crippen LogP contribution >= 0.6 is 0 Å². The molecule has 0 aromatic carbocycles. The zero-order chi connectivity index (χ0) is 7.82. The van der Waals surface area contributed by atoms with Gasteiger partial charge >= 0.3 is 0 Å². The Bertz CT molecular complexity index is 152. The van der Waals surface area contributed by atoms with Crippen LogP contribution in [-0.2, 0) is 0 Å². The van der Waals surface area contributed by atoms with Crippen molar-refractivity contribution in [2.24, 2.45) is 0 Å². The molecule has 0 atom stereocenters. The van der Waals surface area contributed by atoms with Gasteiger partial charge in [0, 0.05) is 12.7 Å². The lowest BCUT2D eigenvalue weighted by molar-refractivity contribution is 1.03. The van der Waals surface area contributed by atoms with Crippen molar-refractivity contribution in [1.82, 2.24) is 5.32 Å². The Balaban J connectivity index is 4.04. The molecule has 10 heavy (non-hydrogen) atoms. The normalized spacial score (nSPS) is 13.3. The summed E-state index contributed by atoms with van der Waals surface area (Å²) < 4.78 is 0. The van der Waals surface area contributed by atoms with Crippen molar-refractivity contribution in [3.8, 4) is 0 Å². The van der Waals surface area contributed by atoms with Crippen molar-refractivity contribution in [2.45, 2.75) is 13.8 Å². The number of nitrogens with one attached hydrogen (secondary N) is 1. The fraction of sp³-hybridized carbons (Fsp3) is 0.333. The molecular formula is C9H15N. The predicted molar refractivity (Wildman–Crippen MR) is 46.8 cm³/mol. The van der Waals surface area contributed by atoms with Gasteiger partial charge in [-0.3, -0.25) is 0 Å².